The fraction of sp³-hybridized carbons (Fsp3) is 0. The Balaban J connectivity index is 2.94. The van der Waals surface area contributed by atoms with Gasteiger partial charge in [-0.15, -0.1) is 0 Å². The maximum absolute atomic E-state index is 9.67. The molecule has 3 nitrogen and oxygen atoms in total. The predicted octanol–water partition coefficient (Wildman–Crippen LogP) is 1.12. The maximum Gasteiger partial charge on any atom is 0.172 e. The molecule has 1 radical (unpaired) electrons. The molecule has 0 aromatic heterocycles. The van der Waals surface area contributed by atoms with Crippen LogP contribution in [0.15, 0.2) is 24.3 Å². The second-order valence-electron chi connectivity index (χ2n) is 1.58. The summed E-state index contributed by atoms with van der Waals surface area (Å²) < 4.78 is 0. The minimum Gasteiger partial charge on any atom is -0.508 e. The Labute approximate surface area is 52.1 Å². The van der Waals surface area contributed by atoms with E-state index in [4.69, 9.17) is 5.11 Å². The molecule has 0 saturated carbocycles. The van der Waals surface area contributed by atoms with Crippen molar-refractivity contribution in [2.24, 2.45) is 0 Å². The molecule has 1 aromatic carbocycles. The Morgan fingerprint density at radius 3 is 2.67 bits per heavy atom. The van der Waals surface area contributed by atoms with E-state index in [2.05, 4.69) is 4.89 Å². The molecule has 3 heteroatoms. The van der Waals surface area contributed by atoms with Crippen molar-refractivity contribution in [2.75, 3.05) is 0 Å². The van der Waals surface area contributed by atoms with Gasteiger partial charge < -0.3 is 9.99 Å². The molecule has 0 aliphatic carbocycles. The van der Waals surface area contributed by atoms with Crippen molar-refractivity contribution in [3.05, 3.63) is 24.3 Å². The van der Waals surface area contributed by atoms with Crippen molar-refractivity contribution >= 4 is 0 Å². The van der Waals surface area contributed by atoms with Crippen LogP contribution in [-0.4, -0.2) is 5.11 Å². The van der Waals surface area contributed by atoms with Gasteiger partial charge in [-0.1, -0.05) is 6.07 Å². The van der Waals surface area contributed by atoms with Crippen LogP contribution in [0.3, 0.4) is 0 Å². The minimum absolute atomic E-state index is 0.0309. The third kappa shape index (κ3) is 1.33. The monoisotopic (exact) mass is 125 g/mol. The third-order valence-electron chi connectivity index (χ3n) is 0.914. The summed E-state index contributed by atoms with van der Waals surface area (Å²) in [5.74, 6) is 0.151. The van der Waals surface area contributed by atoms with Gasteiger partial charge in [0.1, 0.15) is 5.75 Å². The smallest absolute Gasteiger partial charge is 0.172 e. The van der Waals surface area contributed by atoms with Crippen molar-refractivity contribution in [2.45, 2.75) is 0 Å². The van der Waals surface area contributed by atoms with Crippen LogP contribution in [0.25, 0.3) is 0 Å². The van der Waals surface area contributed by atoms with Gasteiger partial charge in [0.05, 0.1) is 0 Å². The molecule has 0 fully saturated rings. The highest BCUT2D eigenvalue weighted by Gasteiger charge is 1.91. The fourth-order valence-electron chi connectivity index (χ4n) is 0.535. The van der Waals surface area contributed by atoms with E-state index in [-0.39, 0.29) is 11.5 Å². The largest absolute Gasteiger partial charge is 0.508 e. The Morgan fingerprint density at radius 1 is 1.44 bits per heavy atom. The SMILES string of the molecule is [O]Oc1cccc(O)c1. The van der Waals surface area contributed by atoms with E-state index < -0.39 is 0 Å². The first-order valence-electron chi connectivity index (χ1n) is 2.42. The highest BCUT2D eigenvalue weighted by atomic mass is 17.1. The average molecular weight is 125 g/mol. The number of hydrogen-bond donors (Lipinski definition) is 1. The lowest BCUT2D eigenvalue weighted by molar-refractivity contribution is -0.208. The molecule has 0 unspecified atom stereocenters. The Morgan fingerprint density at radius 2 is 2.22 bits per heavy atom. The molecule has 0 bridgehead atoms. The van der Waals surface area contributed by atoms with Gasteiger partial charge in [-0.3, -0.25) is 0 Å². The summed E-state index contributed by atoms with van der Waals surface area (Å²) >= 11 is 0. The van der Waals surface area contributed by atoms with E-state index in [1.807, 2.05) is 0 Å². The van der Waals surface area contributed by atoms with Gasteiger partial charge in [0.25, 0.3) is 0 Å². The molecule has 0 aliphatic rings. The number of benzene rings is 1. The fourth-order valence-corrected chi connectivity index (χ4v) is 0.535. The zero-order valence-corrected chi connectivity index (χ0v) is 4.57. The van der Waals surface area contributed by atoms with E-state index in [1.165, 1.54) is 24.3 Å². The first-order valence-corrected chi connectivity index (χ1v) is 2.42. The van der Waals surface area contributed by atoms with Crippen molar-refractivity contribution in [1.29, 1.82) is 0 Å². The highest BCUT2D eigenvalue weighted by molar-refractivity contribution is 5.31. The first kappa shape index (κ1) is 5.91. The molecular weight excluding hydrogens is 120 g/mol. The molecule has 1 rings (SSSR count). The molecular formula is C6H5O3. The summed E-state index contributed by atoms with van der Waals surface area (Å²) in [6, 6.07) is 5.70. The molecule has 0 heterocycles. The zero-order chi connectivity index (χ0) is 6.69. The van der Waals surface area contributed by atoms with Crippen LogP contribution >= 0.6 is 0 Å². The molecule has 47 valence electrons. The molecule has 0 amide bonds. The predicted molar refractivity (Wildman–Crippen MR) is 29.4 cm³/mol. The van der Waals surface area contributed by atoms with Crippen molar-refractivity contribution in [3.8, 4) is 11.5 Å². The van der Waals surface area contributed by atoms with Gasteiger partial charge >= 0.3 is 0 Å². The molecule has 9 heavy (non-hydrogen) atoms. The van der Waals surface area contributed by atoms with Crippen LogP contribution in [0.2, 0.25) is 0 Å². The average Bonchev–Trinajstić information content (AvgIpc) is 1.88. The molecule has 1 aromatic rings. The number of phenols is 1. The normalized spacial score (nSPS) is 9.00. The molecule has 1 N–H and O–H groups in total. The van der Waals surface area contributed by atoms with Crippen LogP contribution in [0.1, 0.15) is 0 Å². The van der Waals surface area contributed by atoms with Gasteiger partial charge in [0.15, 0.2) is 5.75 Å². The molecule has 0 aliphatic heterocycles. The lowest BCUT2D eigenvalue weighted by Crippen LogP contribution is -1.78. The number of phenolic OH excluding ortho intramolecular Hbond substituents is 1. The van der Waals surface area contributed by atoms with E-state index >= 15 is 0 Å². The van der Waals surface area contributed by atoms with Crippen LogP contribution < -0.4 is 4.89 Å². The minimum atomic E-state index is 0.0309. The lowest BCUT2D eigenvalue weighted by atomic mass is 10.3. The second kappa shape index (κ2) is 2.37. The van der Waals surface area contributed by atoms with E-state index in [0.29, 0.717) is 0 Å². The van der Waals surface area contributed by atoms with Crippen molar-refractivity contribution < 1.29 is 15.3 Å². The summed E-state index contributed by atoms with van der Waals surface area (Å²) in [4.78, 5) is 3.58. The highest BCUT2D eigenvalue weighted by Crippen LogP contribution is 2.16. The number of hydrogen-bond acceptors (Lipinski definition) is 2. The molecule has 0 saturated heterocycles. The number of rotatable bonds is 1. The van der Waals surface area contributed by atoms with E-state index in [9.17, 15) is 5.26 Å². The van der Waals surface area contributed by atoms with Gasteiger partial charge in [-0.2, -0.15) is 0 Å². The van der Waals surface area contributed by atoms with Crippen LogP contribution in [0.4, 0.5) is 0 Å². The van der Waals surface area contributed by atoms with Crippen molar-refractivity contribution in [3.63, 3.8) is 0 Å². The Hall–Kier alpha value is -1.22. The molecule has 0 atom stereocenters. The summed E-state index contributed by atoms with van der Waals surface area (Å²) in [6.45, 7) is 0. The van der Waals surface area contributed by atoms with Crippen molar-refractivity contribution in [1.82, 2.24) is 0 Å². The third-order valence-corrected chi connectivity index (χ3v) is 0.914. The molecule has 0 spiro atoms. The maximum atomic E-state index is 9.67. The summed E-state index contributed by atoms with van der Waals surface area (Å²) in [5, 5.41) is 18.4. The van der Waals surface area contributed by atoms with Crippen LogP contribution in [-0.2, 0) is 5.26 Å². The Bertz CT molecular complexity index is 197. The van der Waals surface area contributed by atoms with E-state index in [1.54, 1.807) is 0 Å². The second-order valence-corrected chi connectivity index (χ2v) is 1.58. The zero-order valence-electron chi connectivity index (χ0n) is 4.57. The van der Waals surface area contributed by atoms with Gasteiger partial charge in [0.2, 0.25) is 0 Å². The quantitative estimate of drug-likeness (QED) is 0.451. The summed E-state index contributed by atoms with van der Waals surface area (Å²) in [5.41, 5.74) is 0. The van der Waals surface area contributed by atoms with Crippen LogP contribution in [0, 0.1) is 0 Å². The summed E-state index contributed by atoms with van der Waals surface area (Å²) in [6.07, 6.45) is 0. The van der Waals surface area contributed by atoms with Gasteiger partial charge in [-0.25, -0.2) is 0 Å². The summed E-state index contributed by atoms with van der Waals surface area (Å²) in [7, 11) is 0. The topological polar surface area (TPSA) is 49.4 Å². The lowest BCUT2D eigenvalue weighted by Gasteiger charge is -1.92. The van der Waals surface area contributed by atoms with Gasteiger partial charge in [0, 0.05) is 11.3 Å². The van der Waals surface area contributed by atoms with Crippen LogP contribution in [0.5, 0.6) is 11.5 Å². The van der Waals surface area contributed by atoms with Gasteiger partial charge in [-0.05, 0) is 12.1 Å². The Kier molecular flexibility index (Phi) is 1.55. The van der Waals surface area contributed by atoms with E-state index in [0.717, 1.165) is 0 Å². The first-order chi connectivity index (χ1) is 4.33. The standard InChI is InChI=1S/C6H5O3/c7-5-2-1-3-6(4-5)9-8/h1-4,7H. The number of aromatic hydroxyl groups is 1.